The largest absolute Gasteiger partial charge is 0.372 e. The fraction of sp³-hybridized carbons (Fsp3) is 0.545. The minimum atomic E-state index is -0.312. The molecule has 0 aromatic carbocycles. The second kappa shape index (κ2) is 4.58. The Morgan fingerprint density at radius 3 is 2.82 bits per heavy atom. The highest BCUT2D eigenvalue weighted by atomic mass is 35.5. The zero-order valence-corrected chi connectivity index (χ0v) is 10.6. The van der Waals surface area contributed by atoms with Gasteiger partial charge in [0.25, 0.3) is 5.91 Å². The molecule has 92 valence electrons. The second-order valence-electron chi connectivity index (χ2n) is 4.56. The van der Waals surface area contributed by atoms with Gasteiger partial charge in [-0.05, 0) is 13.8 Å². The van der Waals surface area contributed by atoms with Gasteiger partial charge in [0, 0.05) is 13.1 Å². The molecule has 0 N–H and O–H groups in total. The van der Waals surface area contributed by atoms with E-state index in [9.17, 15) is 4.79 Å². The Bertz CT molecular complexity index is 419. The molecule has 2 heterocycles. The number of nitrogens with zero attached hydrogens (tertiary/aromatic N) is 3. The lowest BCUT2D eigenvalue weighted by Gasteiger charge is -2.37. The summed E-state index contributed by atoms with van der Waals surface area (Å²) in [7, 11) is 0. The van der Waals surface area contributed by atoms with Crippen LogP contribution in [-0.4, -0.2) is 46.1 Å². The van der Waals surface area contributed by atoms with Crippen LogP contribution in [0.15, 0.2) is 12.4 Å². The molecular weight excluding hydrogens is 242 g/mol. The van der Waals surface area contributed by atoms with Crippen LogP contribution in [0.4, 0.5) is 0 Å². The monoisotopic (exact) mass is 255 g/mol. The molecule has 1 aromatic rings. The molecule has 1 aliphatic rings. The summed E-state index contributed by atoms with van der Waals surface area (Å²) >= 11 is 5.63. The number of carbonyl (C=O) groups is 1. The minimum absolute atomic E-state index is 0.134. The van der Waals surface area contributed by atoms with Crippen molar-refractivity contribution in [3.8, 4) is 0 Å². The zero-order valence-electron chi connectivity index (χ0n) is 9.81. The third kappa shape index (κ3) is 2.92. The molecular formula is C11H14ClN3O2. The molecule has 2 rings (SSSR count). The van der Waals surface area contributed by atoms with Crippen molar-refractivity contribution in [3.05, 3.63) is 23.2 Å². The highest BCUT2D eigenvalue weighted by Gasteiger charge is 2.30. The van der Waals surface area contributed by atoms with Gasteiger partial charge in [-0.3, -0.25) is 4.79 Å². The van der Waals surface area contributed by atoms with Gasteiger partial charge in [-0.2, -0.15) is 0 Å². The maximum absolute atomic E-state index is 12.1. The number of carbonyl (C=O) groups excluding carboxylic acids is 1. The number of hydrogen-bond acceptors (Lipinski definition) is 4. The first-order chi connectivity index (χ1) is 7.98. The fourth-order valence-corrected chi connectivity index (χ4v) is 1.87. The van der Waals surface area contributed by atoms with Crippen LogP contribution >= 0.6 is 11.6 Å². The summed E-state index contributed by atoms with van der Waals surface area (Å²) in [5.74, 6) is -0.134. The van der Waals surface area contributed by atoms with E-state index in [0.717, 1.165) is 0 Å². The van der Waals surface area contributed by atoms with Crippen LogP contribution in [0.2, 0.25) is 5.15 Å². The predicted molar refractivity (Wildman–Crippen MR) is 63.0 cm³/mol. The summed E-state index contributed by atoms with van der Waals surface area (Å²) in [6.45, 7) is 5.59. The van der Waals surface area contributed by atoms with Crippen molar-refractivity contribution < 1.29 is 9.53 Å². The van der Waals surface area contributed by atoms with Gasteiger partial charge in [-0.1, -0.05) is 11.6 Å². The van der Waals surface area contributed by atoms with Crippen LogP contribution in [0.5, 0.6) is 0 Å². The number of rotatable bonds is 1. The summed E-state index contributed by atoms with van der Waals surface area (Å²) < 4.78 is 5.55. The maximum Gasteiger partial charge on any atom is 0.274 e. The Morgan fingerprint density at radius 1 is 1.47 bits per heavy atom. The maximum atomic E-state index is 12.1. The Labute approximate surface area is 105 Å². The van der Waals surface area contributed by atoms with Crippen molar-refractivity contribution >= 4 is 17.5 Å². The van der Waals surface area contributed by atoms with Crippen molar-refractivity contribution in [2.75, 3.05) is 19.7 Å². The molecule has 1 fully saturated rings. The molecule has 0 aliphatic carbocycles. The third-order valence-corrected chi connectivity index (χ3v) is 2.75. The fourth-order valence-electron chi connectivity index (χ4n) is 1.77. The van der Waals surface area contributed by atoms with E-state index >= 15 is 0 Å². The topological polar surface area (TPSA) is 55.3 Å². The molecule has 0 saturated carbocycles. The molecule has 1 aliphatic heterocycles. The summed E-state index contributed by atoms with van der Waals surface area (Å²) in [5.41, 5.74) is 0.000388. The van der Waals surface area contributed by atoms with Gasteiger partial charge in [0.05, 0.1) is 24.6 Å². The van der Waals surface area contributed by atoms with E-state index in [2.05, 4.69) is 9.97 Å². The quantitative estimate of drug-likeness (QED) is 0.761. The number of aromatic nitrogens is 2. The predicted octanol–water partition coefficient (Wildman–Crippen LogP) is 1.38. The van der Waals surface area contributed by atoms with Gasteiger partial charge in [0.1, 0.15) is 10.8 Å². The van der Waals surface area contributed by atoms with Crippen molar-refractivity contribution in [1.82, 2.24) is 14.9 Å². The first-order valence-electron chi connectivity index (χ1n) is 5.39. The summed E-state index contributed by atoms with van der Waals surface area (Å²) in [4.78, 5) is 21.7. The summed E-state index contributed by atoms with van der Waals surface area (Å²) in [5, 5.41) is 0.281. The van der Waals surface area contributed by atoms with Crippen LogP contribution in [0.25, 0.3) is 0 Å². The molecule has 1 aromatic heterocycles. The number of amides is 1. The number of ether oxygens (including phenoxy) is 1. The molecule has 1 amide bonds. The smallest absolute Gasteiger partial charge is 0.274 e. The van der Waals surface area contributed by atoms with Crippen LogP contribution in [0, 0.1) is 0 Å². The molecule has 0 atom stereocenters. The normalized spacial score (nSPS) is 19.1. The van der Waals surface area contributed by atoms with Gasteiger partial charge < -0.3 is 9.64 Å². The molecule has 17 heavy (non-hydrogen) atoms. The van der Waals surface area contributed by atoms with Gasteiger partial charge >= 0.3 is 0 Å². The highest BCUT2D eigenvalue weighted by Crippen LogP contribution is 2.17. The highest BCUT2D eigenvalue weighted by molar-refractivity contribution is 6.29. The van der Waals surface area contributed by atoms with Crippen LogP contribution in [0.3, 0.4) is 0 Å². The van der Waals surface area contributed by atoms with E-state index in [-0.39, 0.29) is 16.7 Å². The summed E-state index contributed by atoms with van der Waals surface area (Å²) in [6, 6.07) is 0. The minimum Gasteiger partial charge on any atom is -0.372 e. The zero-order chi connectivity index (χ0) is 12.5. The van der Waals surface area contributed by atoms with Crippen LogP contribution in [0.1, 0.15) is 24.3 Å². The molecule has 0 radical (unpaired) electrons. The van der Waals surface area contributed by atoms with E-state index in [4.69, 9.17) is 16.3 Å². The van der Waals surface area contributed by atoms with Gasteiger partial charge in [-0.15, -0.1) is 0 Å². The average molecular weight is 256 g/mol. The van der Waals surface area contributed by atoms with Crippen LogP contribution < -0.4 is 0 Å². The van der Waals surface area contributed by atoms with Crippen molar-refractivity contribution in [1.29, 1.82) is 0 Å². The van der Waals surface area contributed by atoms with Gasteiger partial charge in [0.15, 0.2) is 0 Å². The Hall–Kier alpha value is -1.20. The summed E-state index contributed by atoms with van der Waals surface area (Å²) in [6.07, 6.45) is 2.77. The Balaban J connectivity index is 2.12. The molecule has 6 heteroatoms. The molecule has 5 nitrogen and oxygen atoms in total. The van der Waals surface area contributed by atoms with E-state index < -0.39 is 0 Å². The lowest BCUT2D eigenvalue weighted by molar-refractivity contribution is -0.0765. The Morgan fingerprint density at radius 2 is 2.24 bits per heavy atom. The first kappa shape index (κ1) is 12.3. The van der Waals surface area contributed by atoms with Crippen molar-refractivity contribution in [3.63, 3.8) is 0 Å². The molecule has 1 saturated heterocycles. The van der Waals surface area contributed by atoms with Crippen molar-refractivity contribution in [2.24, 2.45) is 0 Å². The van der Waals surface area contributed by atoms with E-state index in [1.807, 2.05) is 13.8 Å². The average Bonchev–Trinajstić information content (AvgIpc) is 2.28. The Kier molecular flexibility index (Phi) is 3.31. The van der Waals surface area contributed by atoms with Crippen molar-refractivity contribution in [2.45, 2.75) is 19.4 Å². The second-order valence-corrected chi connectivity index (χ2v) is 4.95. The standard InChI is InChI=1S/C11H14ClN3O2/c1-11(2)7-15(3-4-17-11)10(16)8-5-14-9(12)6-13-8/h5-6H,3-4,7H2,1-2H3. The van der Waals surface area contributed by atoms with Crippen LogP contribution in [-0.2, 0) is 4.74 Å². The third-order valence-electron chi connectivity index (χ3n) is 2.55. The van der Waals surface area contributed by atoms with Gasteiger partial charge in [0.2, 0.25) is 0 Å². The molecule has 0 bridgehead atoms. The number of hydrogen-bond donors (Lipinski definition) is 0. The van der Waals surface area contributed by atoms with E-state index in [1.54, 1.807) is 4.90 Å². The molecule has 0 unspecified atom stereocenters. The lowest BCUT2D eigenvalue weighted by atomic mass is 10.1. The van der Waals surface area contributed by atoms with Gasteiger partial charge in [-0.25, -0.2) is 9.97 Å². The van der Waals surface area contributed by atoms with E-state index in [1.165, 1.54) is 12.4 Å². The number of morpholine rings is 1. The lowest BCUT2D eigenvalue weighted by Crippen LogP contribution is -2.50. The SMILES string of the molecule is CC1(C)CN(C(=O)c2cnc(Cl)cn2)CCO1. The molecule has 0 spiro atoms. The van der Waals surface area contributed by atoms with E-state index in [0.29, 0.717) is 25.4 Å². The number of halogens is 1. The first-order valence-corrected chi connectivity index (χ1v) is 5.76.